The van der Waals surface area contributed by atoms with Crippen LogP contribution in [0.4, 0.5) is 0 Å². The van der Waals surface area contributed by atoms with Crippen LogP contribution in [-0.2, 0) is 4.79 Å². The average molecular weight is 516 g/mol. The van der Waals surface area contributed by atoms with Gasteiger partial charge in [-0.2, -0.15) is 0 Å². The maximum atomic E-state index is 10.5. The zero-order chi connectivity index (χ0) is 14.6. The summed E-state index contributed by atoms with van der Waals surface area (Å²) in [7, 11) is 0. The van der Waals surface area contributed by atoms with E-state index in [9.17, 15) is 4.79 Å². The van der Waals surface area contributed by atoms with Gasteiger partial charge in [0.1, 0.15) is 0 Å². The molecule has 0 amide bonds. The van der Waals surface area contributed by atoms with E-state index in [-0.39, 0.29) is 6.61 Å². The van der Waals surface area contributed by atoms with E-state index in [2.05, 4.69) is 37.6 Å². The molecule has 20 heavy (non-hydrogen) atoms. The summed E-state index contributed by atoms with van der Waals surface area (Å²) in [5.74, 6) is -0.422. The number of carboxylic acid groups (broad SMARTS) is 1. The zero-order valence-electron chi connectivity index (χ0n) is 10.3. The van der Waals surface area contributed by atoms with Crippen molar-refractivity contribution in [3.8, 4) is 5.75 Å². The molecule has 0 bridgehead atoms. The van der Waals surface area contributed by atoms with Gasteiger partial charge in [-0.1, -0.05) is 0 Å². The van der Waals surface area contributed by atoms with Crippen molar-refractivity contribution >= 4 is 52.5 Å². The quantitative estimate of drug-likeness (QED) is 0.623. The molecule has 0 aliphatic rings. The fourth-order valence-corrected chi connectivity index (χ4v) is 10.9. The molecule has 0 fully saturated rings. The Labute approximate surface area is 133 Å². The first-order chi connectivity index (χ1) is 9.50. The predicted octanol–water partition coefficient (Wildman–Crippen LogP) is 2.50. The van der Waals surface area contributed by atoms with Crippen molar-refractivity contribution in [1.82, 2.24) is 0 Å². The molecule has 1 N–H and O–H groups in total. The number of hydrogen-bond donors (Lipinski definition) is 1. The van der Waals surface area contributed by atoms with E-state index < -0.39 is 19.7 Å². The summed E-state index contributed by atoms with van der Waals surface area (Å²) in [6.07, 6.45) is 0. The van der Waals surface area contributed by atoms with E-state index in [0.29, 0.717) is 5.75 Å². The van der Waals surface area contributed by atoms with E-state index in [1.165, 1.54) is 7.22 Å². The number of halogens is 2. The van der Waals surface area contributed by atoms with Crippen molar-refractivity contribution in [3.05, 3.63) is 54.6 Å². The normalized spacial score (nSPS) is 11.9. The van der Waals surface area contributed by atoms with Gasteiger partial charge in [-0.15, -0.1) is 0 Å². The fraction of sp³-hybridized carbons (Fsp3) is 0.0714. The Hall–Kier alpha value is -0.540. The van der Waals surface area contributed by atoms with Crippen molar-refractivity contribution in [2.45, 2.75) is 0 Å². The van der Waals surface area contributed by atoms with Gasteiger partial charge in [0.2, 0.25) is 0 Å². The van der Waals surface area contributed by atoms with E-state index in [0.717, 1.165) is 0 Å². The van der Waals surface area contributed by atoms with Gasteiger partial charge in [-0.05, 0) is 0 Å². The van der Waals surface area contributed by atoms with Crippen LogP contribution < -0.4 is 12.0 Å². The molecule has 3 nitrogen and oxygen atoms in total. The minimum atomic E-state index is -2.66. The standard InChI is InChI=1S/C14H12Br2O3Te/c15-20(16,12-4-2-1-3-5-12)13-8-6-11(7-9-13)19-10-14(17)18/h1-9H,10H2,(H,17,18). The van der Waals surface area contributed by atoms with E-state index in [1.54, 1.807) is 12.1 Å². The van der Waals surface area contributed by atoms with Crippen LogP contribution in [-0.4, -0.2) is 31.4 Å². The minimum absolute atomic E-state index is 0.326. The number of hydrogen-bond acceptors (Lipinski definition) is 2. The van der Waals surface area contributed by atoms with Crippen molar-refractivity contribution < 1.29 is 14.6 Å². The first-order valence-corrected chi connectivity index (χ1v) is 18.5. The van der Waals surface area contributed by atoms with Crippen LogP contribution in [0.3, 0.4) is 0 Å². The van der Waals surface area contributed by atoms with Crippen LogP contribution in [0.25, 0.3) is 0 Å². The molecule has 0 atom stereocenters. The second kappa shape index (κ2) is 6.95. The molecule has 0 heterocycles. The van der Waals surface area contributed by atoms with Crippen LogP contribution in [0, 0.1) is 0 Å². The third kappa shape index (κ3) is 3.98. The first kappa shape index (κ1) is 15.8. The summed E-state index contributed by atoms with van der Waals surface area (Å²) >= 11 is 5.06. The second-order valence-corrected chi connectivity index (χ2v) is 28.2. The maximum absolute atomic E-state index is 10.5. The monoisotopic (exact) mass is 516 g/mol. The second-order valence-electron chi connectivity index (χ2n) is 3.94. The Morgan fingerprint density at radius 1 is 1.00 bits per heavy atom. The molecule has 2 aromatic carbocycles. The number of carbonyl (C=O) groups is 1. The summed E-state index contributed by atoms with van der Waals surface area (Å²) < 4.78 is 7.57. The van der Waals surface area contributed by atoms with Crippen LogP contribution in [0.5, 0.6) is 5.75 Å². The SMILES string of the molecule is O=C(O)COc1ccc([Te](Br)(Br)c2ccccc2)cc1. The van der Waals surface area contributed by atoms with E-state index in [1.807, 2.05) is 30.3 Å². The van der Waals surface area contributed by atoms with Gasteiger partial charge in [-0.25, -0.2) is 0 Å². The van der Waals surface area contributed by atoms with Gasteiger partial charge in [0, 0.05) is 0 Å². The third-order valence-electron chi connectivity index (χ3n) is 2.52. The number of rotatable bonds is 5. The van der Waals surface area contributed by atoms with Gasteiger partial charge in [0.15, 0.2) is 0 Å². The van der Waals surface area contributed by atoms with Gasteiger partial charge in [0.05, 0.1) is 0 Å². The third-order valence-corrected chi connectivity index (χ3v) is 17.5. The van der Waals surface area contributed by atoms with Crippen LogP contribution in [0.15, 0.2) is 54.6 Å². The molecule has 2 aromatic rings. The molecule has 106 valence electrons. The Bertz CT molecular complexity index is 585. The molecule has 0 saturated carbocycles. The number of carboxylic acids is 1. The molecule has 6 heteroatoms. The van der Waals surface area contributed by atoms with Gasteiger partial charge < -0.3 is 0 Å². The summed E-state index contributed by atoms with van der Waals surface area (Å²) in [6, 6.07) is 17.7. The number of ether oxygens (including phenoxy) is 1. The molecule has 0 aromatic heterocycles. The van der Waals surface area contributed by atoms with Crippen molar-refractivity contribution in [2.24, 2.45) is 0 Å². The molecule has 0 aliphatic heterocycles. The van der Waals surface area contributed by atoms with Crippen LogP contribution in [0.2, 0.25) is 0 Å². The van der Waals surface area contributed by atoms with Crippen molar-refractivity contribution in [2.75, 3.05) is 6.61 Å². The average Bonchev–Trinajstić information content (AvgIpc) is 2.46. The number of aliphatic carboxylic acids is 1. The summed E-state index contributed by atoms with van der Waals surface area (Å²) in [5, 5.41) is 8.58. The summed E-state index contributed by atoms with van der Waals surface area (Å²) in [6.45, 7) is -0.326. The molecular formula is C14H12Br2O3Te. The molecule has 0 radical (unpaired) electrons. The molecule has 0 saturated heterocycles. The van der Waals surface area contributed by atoms with Crippen LogP contribution >= 0.6 is 25.5 Å². The zero-order valence-corrected chi connectivity index (χ0v) is 15.8. The molecule has 0 unspecified atom stereocenters. The van der Waals surface area contributed by atoms with Crippen LogP contribution in [0.1, 0.15) is 0 Å². The topological polar surface area (TPSA) is 46.5 Å². The molecule has 0 aliphatic carbocycles. The fourth-order valence-electron chi connectivity index (χ4n) is 1.58. The van der Waals surface area contributed by atoms with Gasteiger partial charge >= 0.3 is 134 Å². The van der Waals surface area contributed by atoms with E-state index in [4.69, 9.17) is 9.84 Å². The molecule has 2 rings (SSSR count). The van der Waals surface area contributed by atoms with E-state index >= 15 is 0 Å². The Morgan fingerprint density at radius 2 is 1.55 bits per heavy atom. The van der Waals surface area contributed by atoms with Crippen molar-refractivity contribution in [3.63, 3.8) is 0 Å². The predicted molar refractivity (Wildman–Crippen MR) is 88.9 cm³/mol. The first-order valence-electron chi connectivity index (χ1n) is 5.72. The molecular weight excluding hydrogens is 504 g/mol. The van der Waals surface area contributed by atoms with Gasteiger partial charge in [-0.3, -0.25) is 0 Å². The van der Waals surface area contributed by atoms with Gasteiger partial charge in [0.25, 0.3) is 0 Å². The summed E-state index contributed by atoms with van der Waals surface area (Å²) in [4.78, 5) is 10.5. The Morgan fingerprint density at radius 3 is 2.10 bits per heavy atom. The number of benzene rings is 2. The Balaban J connectivity index is 2.19. The van der Waals surface area contributed by atoms with Crippen molar-refractivity contribution in [1.29, 1.82) is 0 Å². The summed E-state index contributed by atoms with van der Waals surface area (Å²) in [5.41, 5.74) is 0. The Kier molecular flexibility index (Phi) is 5.50. The molecule has 0 spiro atoms.